The van der Waals surface area contributed by atoms with E-state index in [0.717, 1.165) is 62.6 Å². The Balaban J connectivity index is 1.37. The Kier molecular flexibility index (Phi) is 13.0. The van der Waals surface area contributed by atoms with Crippen LogP contribution in [0.3, 0.4) is 0 Å². The minimum absolute atomic E-state index is 0.182. The van der Waals surface area contributed by atoms with Crippen molar-refractivity contribution in [2.75, 3.05) is 26.2 Å². The van der Waals surface area contributed by atoms with Crippen LogP contribution in [0.5, 0.6) is 0 Å². The van der Waals surface area contributed by atoms with Crippen LogP contribution in [0.15, 0.2) is 30.7 Å². The normalized spacial score (nSPS) is 17.5. The molecule has 1 aliphatic heterocycles. The predicted molar refractivity (Wildman–Crippen MR) is 170 cm³/mol. The summed E-state index contributed by atoms with van der Waals surface area (Å²) in [6, 6.07) is 4.02. The first-order valence-corrected chi connectivity index (χ1v) is 16.7. The number of hydrogen-bond donors (Lipinski definition) is 3. The summed E-state index contributed by atoms with van der Waals surface area (Å²) in [5.41, 5.74) is 1.17. The zero-order valence-corrected chi connectivity index (χ0v) is 27.1. The van der Waals surface area contributed by atoms with Gasteiger partial charge in [-0.25, -0.2) is 14.6 Å². The van der Waals surface area contributed by atoms with Crippen LogP contribution in [0.2, 0.25) is 10.0 Å². The number of nitrogens with one attached hydrogen (secondary N) is 3. The van der Waals surface area contributed by atoms with Gasteiger partial charge in [-0.15, -0.1) is 0 Å². The number of urea groups is 1. The van der Waals surface area contributed by atoms with E-state index in [1.54, 1.807) is 30.3 Å². The van der Waals surface area contributed by atoms with Gasteiger partial charge in [0.05, 0.1) is 28.7 Å². The molecule has 3 N–H and O–H groups in total. The molecule has 4 rings (SSSR count). The van der Waals surface area contributed by atoms with Gasteiger partial charge in [-0.2, -0.15) is 0 Å². The van der Waals surface area contributed by atoms with Crippen LogP contribution in [0.1, 0.15) is 82.4 Å². The number of nitrogens with zero attached hydrogens (tertiary/aromatic N) is 2. The van der Waals surface area contributed by atoms with E-state index in [2.05, 4.69) is 20.6 Å². The molecule has 44 heavy (non-hydrogen) atoms. The molecule has 0 spiro atoms. The molecule has 0 bridgehead atoms. The van der Waals surface area contributed by atoms with Gasteiger partial charge < -0.3 is 30.0 Å². The van der Waals surface area contributed by atoms with Crippen molar-refractivity contribution < 1.29 is 23.9 Å². The van der Waals surface area contributed by atoms with Crippen LogP contribution in [0.4, 0.5) is 9.59 Å². The molecule has 1 saturated carbocycles. The molecule has 1 aromatic heterocycles. The largest absolute Gasteiger partial charge is 0.508 e. The number of ether oxygens (including phenoxy) is 2. The molecule has 1 aromatic carbocycles. The number of piperidine rings is 1. The van der Waals surface area contributed by atoms with E-state index in [1.165, 1.54) is 6.42 Å². The third-order valence-corrected chi connectivity index (χ3v) is 9.54. The first-order chi connectivity index (χ1) is 21.3. The Morgan fingerprint density at radius 1 is 1.09 bits per heavy atom. The van der Waals surface area contributed by atoms with Gasteiger partial charge in [-0.1, -0.05) is 55.0 Å². The van der Waals surface area contributed by atoms with E-state index in [-0.39, 0.29) is 24.9 Å². The smallest absolute Gasteiger partial charge is 0.435 e. The lowest BCUT2D eigenvalue weighted by atomic mass is 9.72. The van der Waals surface area contributed by atoms with E-state index in [9.17, 15) is 14.4 Å². The highest BCUT2D eigenvalue weighted by molar-refractivity contribution is 6.42. The van der Waals surface area contributed by atoms with Crippen molar-refractivity contribution in [1.29, 1.82) is 0 Å². The minimum Gasteiger partial charge on any atom is -0.435 e. The number of aromatic amines is 1. The third-order valence-electron chi connectivity index (χ3n) is 8.80. The number of halogens is 2. The summed E-state index contributed by atoms with van der Waals surface area (Å²) in [4.78, 5) is 48.3. The molecule has 1 atom stereocenters. The fourth-order valence-corrected chi connectivity index (χ4v) is 6.73. The molecule has 2 aliphatic rings. The Bertz CT molecular complexity index is 1210. The van der Waals surface area contributed by atoms with Crippen molar-refractivity contribution in [3.8, 4) is 0 Å². The number of amides is 3. The molecule has 12 heteroatoms. The first-order valence-electron chi connectivity index (χ1n) is 15.9. The molecular formula is C32H45Cl2N5O5. The summed E-state index contributed by atoms with van der Waals surface area (Å²) >= 11 is 12.4. The molecule has 1 saturated heterocycles. The lowest BCUT2D eigenvalue weighted by Crippen LogP contribution is -2.57. The molecule has 10 nitrogen and oxygen atoms in total. The number of aryl methyl sites for hydroxylation is 1. The highest BCUT2D eigenvalue weighted by atomic mass is 35.5. The Hall–Kier alpha value is -2.98. The monoisotopic (exact) mass is 649 g/mol. The van der Waals surface area contributed by atoms with Gasteiger partial charge in [0.25, 0.3) is 0 Å². The second-order valence-corrected chi connectivity index (χ2v) is 12.6. The molecule has 2 heterocycles. The van der Waals surface area contributed by atoms with Crippen molar-refractivity contribution in [3.63, 3.8) is 0 Å². The zero-order chi connectivity index (χ0) is 31.4. The molecule has 0 radical (unpaired) electrons. The number of unbranched alkanes of at least 4 members (excludes halogenated alkanes) is 2. The SMILES string of the molecule is CCOC(=O)OC1(C2CCCCC2)CCN(C(=O)[C@@H](Cc2ccc(Cl)c(Cl)c2)NC(=O)NCCCCCc2c[nH]cn2)CC1. The number of carbonyl (C=O) groups excluding carboxylic acids is 3. The van der Waals surface area contributed by atoms with Crippen LogP contribution in [0.25, 0.3) is 0 Å². The van der Waals surface area contributed by atoms with Gasteiger partial charge in [-0.05, 0) is 62.6 Å². The van der Waals surface area contributed by atoms with Gasteiger partial charge >= 0.3 is 12.2 Å². The average Bonchev–Trinajstić information content (AvgIpc) is 3.54. The summed E-state index contributed by atoms with van der Waals surface area (Å²) in [5, 5.41) is 6.62. The average molecular weight is 651 g/mol. The fourth-order valence-electron chi connectivity index (χ4n) is 6.41. The molecule has 1 aliphatic carbocycles. The lowest BCUT2D eigenvalue weighted by Gasteiger charge is -2.47. The number of carbonyl (C=O) groups is 3. The van der Waals surface area contributed by atoms with E-state index < -0.39 is 23.8 Å². The van der Waals surface area contributed by atoms with Crippen LogP contribution in [-0.4, -0.2) is 70.8 Å². The molecule has 2 aromatic rings. The zero-order valence-electron chi connectivity index (χ0n) is 25.5. The maximum Gasteiger partial charge on any atom is 0.508 e. The summed E-state index contributed by atoms with van der Waals surface area (Å²) in [6.07, 6.45) is 13.3. The summed E-state index contributed by atoms with van der Waals surface area (Å²) in [7, 11) is 0. The quantitative estimate of drug-likeness (QED) is 0.169. The van der Waals surface area contributed by atoms with Gasteiger partial charge in [0, 0.05) is 45.1 Å². The first kappa shape index (κ1) is 33.9. The molecule has 0 unspecified atom stereocenters. The fraction of sp³-hybridized carbons (Fsp3) is 0.625. The van der Waals surface area contributed by atoms with E-state index >= 15 is 0 Å². The Labute approximate surface area is 269 Å². The third kappa shape index (κ3) is 9.76. The van der Waals surface area contributed by atoms with Crippen LogP contribution < -0.4 is 10.6 Å². The second kappa shape index (κ2) is 16.9. The van der Waals surface area contributed by atoms with Crippen molar-refractivity contribution >= 4 is 41.3 Å². The molecule has 2 fully saturated rings. The van der Waals surface area contributed by atoms with Gasteiger partial charge in [0.1, 0.15) is 11.6 Å². The van der Waals surface area contributed by atoms with E-state index in [1.807, 2.05) is 12.3 Å². The van der Waals surface area contributed by atoms with Gasteiger partial charge in [-0.3, -0.25) is 4.79 Å². The van der Waals surface area contributed by atoms with Crippen LogP contribution >= 0.6 is 23.2 Å². The number of likely N-dealkylation sites (tertiary alicyclic amines) is 1. The Morgan fingerprint density at radius 3 is 2.55 bits per heavy atom. The number of benzene rings is 1. The number of H-pyrrole nitrogens is 1. The van der Waals surface area contributed by atoms with E-state index in [4.69, 9.17) is 32.7 Å². The highest BCUT2D eigenvalue weighted by Crippen LogP contribution is 2.42. The minimum atomic E-state index is -0.805. The summed E-state index contributed by atoms with van der Waals surface area (Å²) in [5.74, 6) is 0.0618. The van der Waals surface area contributed by atoms with E-state index in [0.29, 0.717) is 42.5 Å². The van der Waals surface area contributed by atoms with Crippen molar-refractivity contribution in [2.45, 2.75) is 95.6 Å². The van der Waals surface area contributed by atoms with Crippen molar-refractivity contribution in [1.82, 2.24) is 25.5 Å². The predicted octanol–water partition coefficient (Wildman–Crippen LogP) is 6.45. The number of imidazole rings is 1. The van der Waals surface area contributed by atoms with Crippen LogP contribution in [0, 0.1) is 5.92 Å². The number of aromatic nitrogens is 2. The molecule has 242 valence electrons. The summed E-state index contributed by atoms with van der Waals surface area (Å²) in [6.45, 7) is 3.35. The maximum atomic E-state index is 13.9. The highest BCUT2D eigenvalue weighted by Gasteiger charge is 2.46. The lowest BCUT2D eigenvalue weighted by molar-refractivity contribution is -0.143. The summed E-state index contributed by atoms with van der Waals surface area (Å²) < 4.78 is 11.2. The molecule has 3 amide bonds. The molecular weight excluding hydrogens is 605 g/mol. The standard InChI is InChI=1S/C32H45Cl2N5O5/c1-2-43-31(42)44-32(24-9-5-3-6-10-24)14-17-39(18-15-32)29(40)28(20-23-12-13-26(33)27(34)19-23)38-30(41)36-16-8-4-7-11-25-21-35-22-37-25/h12-13,19,21-22,24,28H,2-11,14-18,20H2,1H3,(H,35,37)(H2,36,38,41)/t28-/m1/s1. The number of hydrogen-bond acceptors (Lipinski definition) is 6. The van der Waals surface area contributed by atoms with Gasteiger partial charge in [0.2, 0.25) is 5.91 Å². The second-order valence-electron chi connectivity index (χ2n) is 11.8. The van der Waals surface area contributed by atoms with Crippen molar-refractivity contribution in [2.24, 2.45) is 5.92 Å². The van der Waals surface area contributed by atoms with Gasteiger partial charge in [0.15, 0.2) is 0 Å². The topological polar surface area (TPSA) is 126 Å². The number of rotatable bonds is 13. The van der Waals surface area contributed by atoms with Crippen LogP contribution in [-0.2, 0) is 27.1 Å². The Morgan fingerprint density at radius 2 is 1.86 bits per heavy atom. The maximum absolute atomic E-state index is 13.9. The van der Waals surface area contributed by atoms with Crippen molar-refractivity contribution in [3.05, 3.63) is 52.0 Å².